The van der Waals surface area contributed by atoms with E-state index in [4.69, 9.17) is 0 Å². The minimum atomic E-state index is 0. The van der Waals surface area contributed by atoms with E-state index in [1.165, 1.54) is 15.3 Å². The summed E-state index contributed by atoms with van der Waals surface area (Å²) < 4.78 is 1.85. The lowest BCUT2D eigenvalue weighted by molar-refractivity contribution is 0.167. The smallest absolute Gasteiger partial charge is 0.0576 e. The minimum absolute atomic E-state index is 0. The van der Waals surface area contributed by atoms with Crippen LogP contribution in [0.25, 0.3) is 10.4 Å². The van der Waals surface area contributed by atoms with Gasteiger partial charge in [0.15, 0.2) is 0 Å². The molecule has 1 atom stereocenters. The molecule has 1 fully saturated rings. The molecule has 0 aromatic carbocycles. The summed E-state index contributed by atoms with van der Waals surface area (Å²) in [6.07, 6.45) is 4.01. The van der Waals surface area contributed by atoms with Crippen LogP contribution in [-0.2, 0) is 13.6 Å². The van der Waals surface area contributed by atoms with Crippen LogP contribution in [0.5, 0.6) is 0 Å². The zero-order chi connectivity index (χ0) is 13.2. The van der Waals surface area contributed by atoms with Crippen LogP contribution >= 0.6 is 23.7 Å². The van der Waals surface area contributed by atoms with Crippen molar-refractivity contribution in [2.75, 3.05) is 19.6 Å². The third-order valence-electron chi connectivity index (χ3n) is 3.65. The molecule has 2 aromatic rings. The first-order valence-corrected chi connectivity index (χ1v) is 7.56. The summed E-state index contributed by atoms with van der Waals surface area (Å²) in [5, 5.41) is 7.67. The number of hydrogen-bond acceptors (Lipinski definition) is 4. The van der Waals surface area contributed by atoms with Crippen molar-refractivity contribution in [3.05, 3.63) is 29.4 Å². The van der Waals surface area contributed by atoms with Crippen LogP contribution in [0, 0.1) is 0 Å². The van der Waals surface area contributed by atoms with Crippen molar-refractivity contribution in [1.82, 2.24) is 20.0 Å². The lowest BCUT2D eigenvalue weighted by atomic mass is 10.2. The molecule has 1 N–H and O–H groups in total. The van der Waals surface area contributed by atoms with Crippen molar-refractivity contribution in [3.63, 3.8) is 0 Å². The normalized spacial score (nSPS) is 19.8. The van der Waals surface area contributed by atoms with E-state index in [0.717, 1.165) is 26.2 Å². The van der Waals surface area contributed by atoms with Crippen LogP contribution in [0.3, 0.4) is 0 Å². The van der Waals surface area contributed by atoms with Gasteiger partial charge in [0.05, 0.1) is 6.20 Å². The van der Waals surface area contributed by atoms with Crippen molar-refractivity contribution in [2.24, 2.45) is 7.05 Å². The predicted molar refractivity (Wildman–Crippen MR) is 86.5 cm³/mol. The topological polar surface area (TPSA) is 33.1 Å². The molecule has 0 amide bonds. The van der Waals surface area contributed by atoms with E-state index in [9.17, 15) is 0 Å². The maximum Gasteiger partial charge on any atom is 0.0576 e. The van der Waals surface area contributed by atoms with Gasteiger partial charge >= 0.3 is 0 Å². The summed E-state index contributed by atoms with van der Waals surface area (Å²) in [6.45, 7) is 6.70. The van der Waals surface area contributed by atoms with E-state index < -0.39 is 0 Å². The molecule has 0 bridgehead atoms. The molecule has 20 heavy (non-hydrogen) atoms. The highest BCUT2D eigenvalue weighted by atomic mass is 35.5. The fourth-order valence-corrected chi connectivity index (χ4v) is 3.49. The zero-order valence-electron chi connectivity index (χ0n) is 11.9. The van der Waals surface area contributed by atoms with Crippen molar-refractivity contribution in [1.29, 1.82) is 0 Å². The molecule has 3 heterocycles. The lowest BCUT2D eigenvalue weighted by Crippen LogP contribution is -2.49. The summed E-state index contributed by atoms with van der Waals surface area (Å²) in [5.41, 5.74) is 1.21. The Labute approximate surface area is 130 Å². The predicted octanol–water partition coefficient (Wildman–Crippen LogP) is 2.36. The molecule has 4 nitrogen and oxygen atoms in total. The second-order valence-corrected chi connectivity index (χ2v) is 6.36. The van der Waals surface area contributed by atoms with Gasteiger partial charge in [-0.3, -0.25) is 9.58 Å². The van der Waals surface area contributed by atoms with E-state index in [2.05, 4.69) is 40.6 Å². The van der Waals surface area contributed by atoms with Crippen LogP contribution < -0.4 is 5.32 Å². The highest BCUT2D eigenvalue weighted by molar-refractivity contribution is 7.15. The number of nitrogens with one attached hydrogen (secondary N) is 1. The zero-order valence-corrected chi connectivity index (χ0v) is 13.5. The van der Waals surface area contributed by atoms with Crippen LogP contribution in [0.1, 0.15) is 11.8 Å². The van der Waals surface area contributed by atoms with Crippen LogP contribution in [0.2, 0.25) is 0 Å². The largest absolute Gasteiger partial charge is 0.314 e. The number of nitrogens with zero attached hydrogens (tertiary/aromatic N) is 3. The molecule has 6 heteroatoms. The molecule has 0 spiro atoms. The maximum atomic E-state index is 4.23. The lowest BCUT2D eigenvalue weighted by Gasteiger charge is -2.33. The SMILES string of the molecule is CC1CNCCN1Cc1ccc(-c2cnn(C)c2)s1.Cl. The third kappa shape index (κ3) is 3.41. The van der Waals surface area contributed by atoms with E-state index in [0.29, 0.717) is 6.04 Å². The molecule has 1 aliphatic rings. The quantitative estimate of drug-likeness (QED) is 0.944. The molecular weight excluding hydrogens is 292 g/mol. The monoisotopic (exact) mass is 312 g/mol. The molecule has 0 aliphatic carbocycles. The molecule has 1 unspecified atom stereocenters. The number of thiophene rings is 1. The Morgan fingerprint density at radius 3 is 3.00 bits per heavy atom. The van der Waals surface area contributed by atoms with Gasteiger partial charge in [0, 0.05) is 60.8 Å². The fourth-order valence-electron chi connectivity index (χ4n) is 2.48. The standard InChI is InChI=1S/C14H20N4S.ClH/c1-11-7-15-5-6-18(11)10-13-3-4-14(19-13)12-8-16-17(2)9-12;/h3-4,8-9,11,15H,5-7,10H2,1-2H3;1H. The highest BCUT2D eigenvalue weighted by Gasteiger charge is 2.18. The summed E-state index contributed by atoms with van der Waals surface area (Å²) >= 11 is 1.88. The Morgan fingerprint density at radius 2 is 2.30 bits per heavy atom. The number of rotatable bonds is 3. The summed E-state index contributed by atoms with van der Waals surface area (Å²) in [7, 11) is 1.96. The van der Waals surface area contributed by atoms with E-state index >= 15 is 0 Å². The third-order valence-corrected chi connectivity index (χ3v) is 4.77. The van der Waals surface area contributed by atoms with Gasteiger partial charge in [-0.25, -0.2) is 0 Å². The average Bonchev–Trinajstić information content (AvgIpc) is 3.01. The summed E-state index contributed by atoms with van der Waals surface area (Å²) in [6, 6.07) is 5.09. The summed E-state index contributed by atoms with van der Waals surface area (Å²) in [5.74, 6) is 0. The molecular formula is C14H21ClN4S. The van der Waals surface area contributed by atoms with Crippen molar-refractivity contribution < 1.29 is 0 Å². The Kier molecular flexibility index (Phi) is 5.21. The van der Waals surface area contributed by atoms with E-state index in [-0.39, 0.29) is 12.4 Å². The van der Waals surface area contributed by atoms with Crippen LogP contribution in [0.15, 0.2) is 24.5 Å². The first-order chi connectivity index (χ1) is 9.22. The van der Waals surface area contributed by atoms with Gasteiger partial charge in [0.25, 0.3) is 0 Å². The number of hydrogen-bond donors (Lipinski definition) is 1. The second kappa shape index (κ2) is 6.72. The number of aryl methyl sites for hydroxylation is 1. The average molecular weight is 313 g/mol. The first-order valence-electron chi connectivity index (χ1n) is 6.75. The van der Waals surface area contributed by atoms with Crippen molar-refractivity contribution >= 4 is 23.7 Å². The van der Waals surface area contributed by atoms with Crippen molar-refractivity contribution in [3.8, 4) is 10.4 Å². The second-order valence-electron chi connectivity index (χ2n) is 5.19. The van der Waals surface area contributed by atoms with Gasteiger partial charge in [-0.15, -0.1) is 23.7 Å². The minimum Gasteiger partial charge on any atom is -0.314 e. The fraction of sp³-hybridized carbons (Fsp3) is 0.500. The maximum absolute atomic E-state index is 4.23. The Balaban J connectivity index is 0.00000147. The molecule has 0 saturated carbocycles. The van der Waals surface area contributed by atoms with Gasteiger partial charge in [-0.2, -0.15) is 5.10 Å². The molecule has 1 aliphatic heterocycles. The van der Waals surface area contributed by atoms with Crippen molar-refractivity contribution in [2.45, 2.75) is 19.5 Å². The number of aromatic nitrogens is 2. The highest BCUT2D eigenvalue weighted by Crippen LogP contribution is 2.28. The van der Waals surface area contributed by atoms with E-state index in [1.807, 2.05) is 29.3 Å². The molecule has 3 rings (SSSR count). The van der Waals surface area contributed by atoms with Crippen LogP contribution in [0.4, 0.5) is 0 Å². The Hall–Kier alpha value is -0.880. The van der Waals surface area contributed by atoms with Gasteiger partial charge in [0.1, 0.15) is 0 Å². The van der Waals surface area contributed by atoms with Gasteiger partial charge in [-0.05, 0) is 19.1 Å². The molecule has 0 radical (unpaired) electrons. The van der Waals surface area contributed by atoms with E-state index in [1.54, 1.807) is 0 Å². The van der Waals surface area contributed by atoms with Gasteiger partial charge in [-0.1, -0.05) is 0 Å². The number of halogens is 1. The summed E-state index contributed by atoms with van der Waals surface area (Å²) in [4.78, 5) is 5.30. The Morgan fingerprint density at radius 1 is 1.45 bits per heavy atom. The van der Waals surface area contributed by atoms with Gasteiger partial charge in [0.2, 0.25) is 0 Å². The molecule has 1 saturated heterocycles. The first kappa shape index (κ1) is 15.5. The number of piperazine rings is 1. The Bertz CT molecular complexity index is 551. The van der Waals surface area contributed by atoms with Crippen LogP contribution in [-0.4, -0.2) is 40.4 Å². The molecule has 110 valence electrons. The van der Waals surface area contributed by atoms with Gasteiger partial charge < -0.3 is 5.32 Å². The molecule has 2 aromatic heterocycles.